The molecule has 0 spiro atoms. The van der Waals surface area contributed by atoms with Crippen molar-refractivity contribution in [2.24, 2.45) is 0 Å². The van der Waals surface area contributed by atoms with Gasteiger partial charge in [0.15, 0.2) is 0 Å². The van der Waals surface area contributed by atoms with Gasteiger partial charge >= 0.3 is 0 Å². The zero-order valence-corrected chi connectivity index (χ0v) is 13.8. The Morgan fingerprint density at radius 1 is 1.12 bits per heavy atom. The van der Waals surface area contributed by atoms with E-state index in [4.69, 9.17) is 4.74 Å². The smallest absolute Gasteiger partial charge is 0.255 e. The maximum absolute atomic E-state index is 12.4. The molecule has 0 aliphatic heterocycles. The maximum Gasteiger partial charge on any atom is 0.255 e. The lowest BCUT2D eigenvalue weighted by Gasteiger charge is -2.10. The molecular formula is C20H18N2O3. The lowest BCUT2D eigenvalue weighted by atomic mass is 10.1. The van der Waals surface area contributed by atoms with Crippen LogP contribution in [-0.4, -0.2) is 16.0 Å². The molecule has 1 heterocycles. The molecule has 3 rings (SSSR count). The van der Waals surface area contributed by atoms with Crippen LogP contribution >= 0.6 is 0 Å². The minimum absolute atomic E-state index is 0.0659. The van der Waals surface area contributed by atoms with Crippen LogP contribution in [-0.2, 0) is 6.61 Å². The number of hydrogen-bond acceptors (Lipinski definition) is 4. The average molecular weight is 334 g/mol. The first-order valence-electron chi connectivity index (χ1n) is 7.85. The lowest BCUT2D eigenvalue weighted by molar-refractivity contribution is 0.102. The van der Waals surface area contributed by atoms with Gasteiger partial charge in [0.2, 0.25) is 0 Å². The third-order valence-corrected chi connectivity index (χ3v) is 3.72. The second-order valence-electron chi connectivity index (χ2n) is 5.58. The van der Waals surface area contributed by atoms with Crippen LogP contribution in [0.5, 0.6) is 11.5 Å². The van der Waals surface area contributed by atoms with Crippen molar-refractivity contribution in [2.75, 3.05) is 5.32 Å². The Bertz CT molecular complexity index is 862. The Kier molecular flexibility index (Phi) is 5.06. The minimum Gasteiger partial charge on any atom is -0.456 e. The highest BCUT2D eigenvalue weighted by Gasteiger charge is 2.09. The standard InChI is InChI=1S/C20H18N2O3/c1-14-4-5-15(13-23)11-19(14)22-20(24)16-6-8-17(9-7-16)25-18-3-2-10-21-12-18/h2-12,23H,13H2,1H3,(H,22,24). The summed E-state index contributed by atoms with van der Waals surface area (Å²) >= 11 is 0. The van der Waals surface area contributed by atoms with Crippen molar-refractivity contribution in [3.8, 4) is 11.5 Å². The molecule has 1 aromatic heterocycles. The number of carbonyl (C=O) groups is 1. The summed E-state index contributed by atoms with van der Waals surface area (Å²) in [6.45, 7) is 1.84. The van der Waals surface area contributed by atoms with Gasteiger partial charge in [-0.25, -0.2) is 0 Å². The van der Waals surface area contributed by atoms with Crippen LogP contribution in [0.15, 0.2) is 67.0 Å². The number of aromatic nitrogens is 1. The van der Waals surface area contributed by atoms with Crippen molar-refractivity contribution in [1.29, 1.82) is 0 Å². The predicted octanol–water partition coefficient (Wildman–Crippen LogP) is 3.93. The van der Waals surface area contributed by atoms with Crippen LogP contribution in [0, 0.1) is 6.92 Å². The fourth-order valence-corrected chi connectivity index (χ4v) is 2.31. The molecule has 0 atom stereocenters. The molecule has 0 aliphatic rings. The van der Waals surface area contributed by atoms with E-state index in [1.54, 1.807) is 48.8 Å². The molecule has 2 N–H and O–H groups in total. The summed E-state index contributed by atoms with van der Waals surface area (Å²) in [6, 6.07) is 15.9. The van der Waals surface area contributed by atoms with E-state index < -0.39 is 0 Å². The number of pyridine rings is 1. The van der Waals surface area contributed by atoms with Crippen LogP contribution in [0.4, 0.5) is 5.69 Å². The second-order valence-corrected chi connectivity index (χ2v) is 5.58. The summed E-state index contributed by atoms with van der Waals surface area (Å²) in [6.07, 6.45) is 3.30. The second kappa shape index (κ2) is 7.59. The van der Waals surface area contributed by atoms with Crippen molar-refractivity contribution >= 4 is 11.6 Å². The van der Waals surface area contributed by atoms with Gasteiger partial charge in [-0.1, -0.05) is 12.1 Å². The number of carbonyl (C=O) groups excluding carboxylic acids is 1. The van der Waals surface area contributed by atoms with E-state index >= 15 is 0 Å². The van der Waals surface area contributed by atoms with E-state index in [2.05, 4.69) is 10.3 Å². The zero-order chi connectivity index (χ0) is 17.6. The number of aryl methyl sites for hydroxylation is 1. The van der Waals surface area contributed by atoms with Crippen molar-refractivity contribution in [1.82, 2.24) is 4.98 Å². The minimum atomic E-state index is -0.217. The van der Waals surface area contributed by atoms with Crippen LogP contribution in [0.3, 0.4) is 0 Å². The summed E-state index contributed by atoms with van der Waals surface area (Å²) in [4.78, 5) is 16.4. The highest BCUT2D eigenvalue weighted by atomic mass is 16.5. The van der Waals surface area contributed by atoms with Crippen LogP contribution in [0.2, 0.25) is 0 Å². The predicted molar refractivity (Wildman–Crippen MR) is 95.8 cm³/mol. The van der Waals surface area contributed by atoms with Crippen LogP contribution in [0.1, 0.15) is 21.5 Å². The number of amides is 1. The van der Waals surface area contributed by atoms with Gasteiger partial charge in [-0.15, -0.1) is 0 Å². The van der Waals surface area contributed by atoms with Crippen molar-refractivity contribution in [2.45, 2.75) is 13.5 Å². The molecule has 5 nitrogen and oxygen atoms in total. The van der Waals surface area contributed by atoms with E-state index in [-0.39, 0.29) is 12.5 Å². The van der Waals surface area contributed by atoms with Gasteiger partial charge in [0.05, 0.1) is 12.8 Å². The van der Waals surface area contributed by atoms with E-state index in [0.717, 1.165) is 11.1 Å². The van der Waals surface area contributed by atoms with Gasteiger partial charge in [0, 0.05) is 17.4 Å². The Morgan fingerprint density at radius 3 is 2.60 bits per heavy atom. The van der Waals surface area contributed by atoms with Gasteiger partial charge in [0.25, 0.3) is 5.91 Å². The van der Waals surface area contributed by atoms with Gasteiger partial charge in [-0.2, -0.15) is 0 Å². The van der Waals surface area contributed by atoms with E-state index in [1.165, 1.54) is 0 Å². The van der Waals surface area contributed by atoms with Gasteiger partial charge in [0.1, 0.15) is 11.5 Å². The molecule has 0 fully saturated rings. The molecule has 0 aliphatic carbocycles. The molecule has 2 aromatic carbocycles. The first-order chi connectivity index (χ1) is 12.2. The largest absolute Gasteiger partial charge is 0.456 e. The monoisotopic (exact) mass is 334 g/mol. The summed E-state index contributed by atoms with van der Waals surface area (Å²) in [5, 5.41) is 12.1. The van der Waals surface area contributed by atoms with Crippen LogP contribution in [0.25, 0.3) is 0 Å². The number of nitrogens with one attached hydrogen (secondary N) is 1. The van der Waals surface area contributed by atoms with Gasteiger partial charge in [-0.3, -0.25) is 9.78 Å². The molecular weight excluding hydrogens is 316 g/mol. The Balaban J connectivity index is 1.71. The average Bonchev–Trinajstić information content (AvgIpc) is 2.65. The van der Waals surface area contributed by atoms with Crippen molar-refractivity contribution < 1.29 is 14.6 Å². The number of anilines is 1. The van der Waals surface area contributed by atoms with Gasteiger partial charge < -0.3 is 15.2 Å². The topological polar surface area (TPSA) is 71.5 Å². The summed E-state index contributed by atoms with van der Waals surface area (Å²) in [7, 11) is 0. The molecule has 25 heavy (non-hydrogen) atoms. The number of nitrogens with zero attached hydrogens (tertiary/aromatic N) is 1. The lowest BCUT2D eigenvalue weighted by Crippen LogP contribution is -2.13. The SMILES string of the molecule is Cc1ccc(CO)cc1NC(=O)c1ccc(Oc2cccnc2)cc1. The first kappa shape index (κ1) is 16.7. The quantitative estimate of drug-likeness (QED) is 0.742. The molecule has 0 saturated carbocycles. The highest BCUT2D eigenvalue weighted by Crippen LogP contribution is 2.22. The van der Waals surface area contributed by atoms with E-state index in [9.17, 15) is 9.90 Å². The van der Waals surface area contributed by atoms with Gasteiger partial charge in [-0.05, 0) is 60.5 Å². The summed E-state index contributed by atoms with van der Waals surface area (Å²) < 4.78 is 5.66. The number of benzene rings is 2. The number of rotatable bonds is 5. The molecule has 126 valence electrons. The Morgan fingerprint density at radius 2 is 1.92 bits per heavy atom. The van der Waals surface area contributed by atoms with E-state index in [1.807, 2.05) is 25.1 Å². The normalized spacial score (nSPS) is 10.3. The van der Waals surface area contributed by atoms with Crippen molar-refractivity contribution in [3.63, 3.8) is 0 Å². The Hall–Kier alpha value is -3.18. The number of hydrogen-bond donors (Lipinski definition) is 2. The molecule has 3 aromatic rings. The molecule has 5 heteroatoms. The first-order valence-corrected chi connectivity index (χ1v) is 7.85. The molecule has 0 saturated heterocycles. The summed E-state index contributed by atoms with van der Waals surface area (Å²) in [5.41, 5.74) is 2.89. The molecule has 1 amide bonds. The zero-order valence-electron chi connectivity index (χ0n) is 13.8. The number of aliphatic hydroxyl groups is 1. The number of aliphatic hydroxyl groups excluding tert-OH is 1. The summed E-state index contributed by atoms with van der Waals surface area (Å²) in [5.74, 6) is 1.05. The third kappa shape index (κ3) is 4.22. The molecule has 0 radical (unpaired) electrons. The fraction of sp³-hybridized carbons (Fsp3) is 0.100. The van der Waals surface area contributed by atoms with E-state index in [0.29, 0.717) is 22.7 Å². The fourth-order valence-electron chi connectivity index (χ4n) is 2.31. The van der Waals surface area contributed by atoms with Crippen LogP contribution < -0.4 is 10.1 Å². The Labute approximate surface area is 145 Å². The maximum atomic E-state index is 12.4. The third-order valence-electron chi connectivity index (χ3n) is 3.72. The number of ether oxygens (including phenoxy) is 1. The highest BCUT2D eigenvalue weighted by molar-refractivity contribution is 6.04. The van der Waals surface area contributed by atoms with Crippen molar-refractivity contribution in [3.05, 3.63) is 83.7 Å². The molecule has 0 bridgehead atoms. The molecule has 0 unspecified atom stereocenters.